The van der Waals surface area contributed by atoms with Crippen LogP contribution in [0.2, 0.25) is 0 Å². The third-order valence-electron chi connectivity index (χ3n) is 3.73. The van der Waals surface area contributed by atoms with Crippen molar-refractivity contribution in [1.29, 1.82) is 0 Å². The fraction of sp³-hybridized carbons (Fsp3) is 0. The van der Waals surface area contributed by atoms with Gasteiger partial charge in [-0.15, -0.1) is 0 Å². The van der Waals surface area contributed by atoms with Crippen LogP contribution in [0.4, 0.5) is 0 Å². The lowest BCUT2D eigenvalue weighted by Gasteiger charge is -2.16. The lowest BCUT2D eigenvalue weighted by Crippen LogP contribution is -2.20. The highest BCUT2D eigenvalue weighted by Crippen LogP contribution is 2.50. The molecule has 118 valence electrons. The molecule has 3 aromatic rings. The number of hydrogen-bond donors (Lipinski definition) is 0. The van der Waals surface area contributed by atoms with Crippen molar-refractivity contribution in [3.63, 3.8) is 0 Å². The predicted octanol–water partition coefficient (Wildman–Crippen LogP) is 4.36. The second-order valence-electron chi connectivity index (χ2n) is 5.29. The minimum atomic E-state index is -3.98. The molecule has 0 bridgehead atoms. The standard InChI is InChI=1S/C20H15O3P/c21-19(16-10-4-1-5-11-16)24(23,18-14-8-3-9-15-18)20(22)17-12-6-2-7-13-17/h1-15H. The Morgan fingerprint density at radius 3 is 1.25 bits per heavy atom. The van der Waals surface area contributed by atoms with Gasteiger partial charge in [0.2, 0.25) is 18.2 Å². The first-order valence-corrected chi connectivity index (χ1v) is 9.20. The second kappa shape index (κ2) is 6.77. The maximum absolute atomic E-state index is 13.7. The fourth-order valence-corrected chi connectivity index (χ4v) is 4.76. The van der Waals surface area contributed by atoms with E-state index >= 15 is 0 Å². The molecule has 0 aliphatic rings. The van der Waals surface area contributed by atoms with Crippen LogP contribution in [0, 0.1) is 0 Å². The maximum atomic E-state index is 13.7. The summed E-state index contributed by atoms with van der Waals surface area (Å²) in [5.74, 6) is 0. The summed E-state index contributed by atoms with van der Waals surface area (Å²) < 4.78 is 13.7. The van der Waals surface area contributed by atoms with E-state index in [1.165, 1.54) is 0 Å². The molecule has 3 nitrogen and oxygen atoms in total. The zero-order valence-corrected chi connectivity index (χ0v) is 13.7. The van der Waals surface area contributed by atoms with Crippen LogP contribution >= 0.6 is 7.14 Å². The molecule has 0 unspecified atom stereocenters. The van der Waals surface area contributed by atoms with Crippen molar-refractivity contribution in [1.82, 2.24) is 0 Å². The van der Waals surface area contributed by atoms with Gasteiger partial charge < -0.3 is 4.57 Å². The Morgan fingerprint density at radius 2 is 0.875 bits per heavy atom. The average Bonchev–Trinajstić information content (AvgIpc) is 2.68. The zero-order chi connectivity index (χ0) is 17.0. The molecule has 0 saturated carbocycles. The van der Waals surface area contributed by atoms with Gasteiger partial charge in [0.15, 0.2) is 0 Å². The first kappa shape index (κ1) is 16.1. The second-order valence-corrected chi connectivity index (χ2v) is 7.83. The first-order valence-electron chi connectivity index (χ1n) is 7.49. The first-order chi connectivity index (χ1) is 11.6. The average molecular weight is 334 g/mol. The monoisotopic (exact) mass is 334 g/mol. The number of rotatable bonds is 5. The number of carbonyl (C=O) groups is 2. The largest absolute Gasteiger partial charge is 0.302 e. The van der Waals surface area contributed by atoms with Crippen molar-refractivity contribution < 1.29 is 14.2 Å². The van der Waals surface area contributed by atoms with Crippen LogP contribution < -0.4 is 5.30 Å². The number of carbonyl (C=O) groups excluding carboxylic acids is 2. The van der Waals surface area contributed by atoms with Crippen molar-refractivity contribution in [2.24, 2.45) is 0 Å². The van der Waals surface area contributed by atoms with E-state index in [9.17, 15) is 14.2 Å². The Bertz CT molecular complexity index is 848. The Morgan fingerprint density at radius 1 is 0.542 bits per heavy atom. The smallest absolute Gasteiger partial charge is 0.248 e. The van der Waals surface area contributed by atoms with Crippen LogP contribution in [0.1, 0.15) is 20.7 Å². The van der Waals surface area contributed by atoms with Crippen LogP contribution in [0.15, 0.2) is 91.0 Å². The molecule has 0 spiro atoms. The molecule has 0 fully saturated rings. The van der Waals surface area contributed by atoms with E-state index in [2.05, 4.69) is 0 Å². The molecule has 24 heavy (non-hydrogen) atoms. The highest BCUT2D eigenvalue weighted by Gasteiger charge is 2.42. The van der Waals surface area contributed by atoms with E-state index in [0.29, 0.717) is 0 Å². The van der Waals surface area contributed by atoms with Gasteiger partial charge >= 0.3 is 0 Å². The van der Waals surface area contributed by atoms with E-state index < -0.39 is 18.2 Å². The Labute approximate surface area is 140 Å². The summed E-state index contributed by atoms with van der Waals surface area (Å²) in [4.78, 5) is 26.0. The minimum Gasteiger partial charge on any atom is -0.302 e. The number of hydrogen-bond acceptors (Lipinski definition) is 3. The Hall–Kier alpha value is -2.77. The minimum absolute atomic E-state index is 0.257. The van der Waals surface area contributed by atoms with Crippen LogP contribution in [0.3, 0.4) is 0 Å². The van der Waals surface area contributed by atoms with Crippen molar-refractivity contribution in [2.75, 3.05) is 0 Å². The van der Waals surface area contributed by atoms with Crippen molar-refractivity contribution in [3.8, 4) is 0 Å². The molecule has 0 radical (unpaired) electrons. The highest BCUT2D eigenvalue weighted by molar-refractivity contribution is 8.01. The normalized spacial score (nSPS) is 11.0. The molecule has 0 saturated heterocycles. The maximum Gasteiger partial charge on any atom is 0.248 e. The summed E-state index contributed by atoms with van der Waals surface area (Å²) in [6, 6.07) is 24.9. The third-order valence-corrected chi connectivity index (χ3v) is 6.42. The summed E-state index contributed by atoms with van der Waals surface area (Å²) in [7, 11) is -3.98. The van der Waals surface area contributed by atoms with Gasteiger partial charge in [0.1, 0.15) is 0 Å². The molecule has 0 aliphatic heterocycles. The fourth-order valence-electron chi connectivity index (χ4n) is 2.49. The van der Waals surface area contributed by atoms with Gasteiger partial charge in [-0.25, -0.2) is 0 Å². The molecule has 0 amide bonds. The SMILES string of the molecule is O=C(c1ccccc1)P(=O)(C(=O)c1ccccc1)c1ccccc1. The lowest BCUT2D eigenvalue weighted by molar-refractivity contribution is 0.104. The van der Waals surface area contributed by atoms with Gasteiger partial charge in [0, 0.05) is 16.4 Å². The van der Waals surface area contributed by atoms with Crippen LogP contribution in [-0.2, 0) is 4.57 Å². The molecule has 0 N–H and O–H groups in total. The summed E-state index contributed by atoms with van der Waals surface area (Å²) in [5, 5.41) is 0.257. The van der Waals surface area contributed by atoms with E-state index in [1.807, 2.05) is 0 Å². The van der Waals surface area contributed by atoms with Crippen molar-refractivity contribution in [2.45, 2.75) is 0 Å². The molecule has 0 aliphatic carbocycles. The van der Waals surface area contributed by atoms with E-state index in [4.69, 9.17) is 0 Å². The van der Waals surface area contributed by atoms with E-state index in [1.54, 1.807) is 91.0 Å². The summed E-state index contributed by atoms with van der Waals surface area (Å²) in [5.41, 5.74) is -0.728. The van der Waals surface area contributed by atoms with Crippen LogP contribution in [0.25, 0.3) is 0 Å². The quantitative estimate of drug-likeness (QED) is 0.652. The van der Waals surface area contributed by atoms with Gasteiger partial charge in [0.25, 0.3) is 0 Å². The zero-order valence-electron chi connectivity index (χ0n) is 12.8. The van der Waals surface area contributed by atoms with Gasteiger partial charge in [0.05, 0.1) is 0 Å². The summed E-state index contributed by atoms with van der Waals surface area (Å²) in [6.45, 7) is 0. The van der Waals surface area contributed by atoms with Gasteiger partial charge in [-0.3, -0.25) is 9.59 Å². The predicted molar refractivity (Wildman–Crippen MR) is 95.2 cm³/mol. The molecule has 0 heterocycles. The highest BCUT2D eigenvalue weighted by atomic mass is 31.2. The Balaban J connectivity index is 2.17. The van der Waals surface area contributed by atoms with E-state index in [-0.39, 0.29) is 16.4 Å². The van der Waals surface area contributed by atoms with Crippen molar-refractivity contribution >= 4 is 23.5 Å². The van der Waals surface area contributed by atoms with Crippen LogP contribution in [-0.4, -0.2) is 11.0 Å². The molecule has 0 atom stereocenters. The summed E-state index contributed by atoms with van der Waals surface area (Å²) in [6.07, 6.45) is 0. The molecule has 0 aromatic heterocycles. The Kier molecular flexibility index (Phi) is 4.54. The summed E-state index contributed by atoms with van der Waals surface area (Å²) >= 11 is 0. The van der Waals surface area contributed by atoms with Gasteiger partial charge in [-0.2, -0.15) is 0 Å². The van der Waals surface area contributed by atoms with Gasteiger partial charge in [-0.05, 0) is 0 Å². The molecule has 3 rings (SSSR count). The van der Waals surface area contributed by atoms with Crippen LogP contribution in [0.5, 0.6) is 0 Å². The molecular formula is C20H15O3P. The molecule has 4 heteroatoms. The molecule has 3 aromatic carbocycles. The third kappa shape index (κ3) is 2.86. The number of benzene rings is 3. The van der Waals surface area contributed by atoms with Crippen molar-refractivity contribution in [3.05, 3.63) is 102 Å². The topological polar surface area (TPSA) is 51.2 Å². The van der Waals surface area contributed by atoms with Gasteiger partial charge in [-0.1, -0.05) is 91.0 Å². The molecular weight excluding hydrogens is 319 g/mol. The van der Waals surface area contributed by atoms with E-state index in [0.717, 1.165) is 0 Å². The lowest BCUT2D eigenvalue weighted by atomic mass is 10.2.